The molecule has 0 fully saturated rings. The van der Waals surface area contributed by atoms with Crippen LogP contribution in [0.1, 0.15) is 44.7 Å². The molecule has 0 heterocycles. The van der Waals surface area contributed by atoms with Crippen molar-refractivity contribution in [1.29, 1.82) is 0 Å². The van der Waals surface area contributed by atoms with Gasteiger partial charge in [0.2, 0.25) is 0 Å². The fourth-order valence-electron chi connectivity index (χ4n) is 1.99. The highest BCUT2D eigenvalue weighted by Gasteiger charge is 2.18. The van der Waals surface area contributed by atoms with Crippen molar-refractivity contribution in [2.24, 2.45) is 0 Å². The Kier molecular flexibility index (Phi) is 6.95. The number of rotatable bonds is 8. The molecule has 0 aliphatic heterocycles. The lowest BCUT2D eigenvalue weighted by atomic mass is 9.99. The second kappa shape index (κ2) is 8.23. The number of hydrogen-bond donors (Lipinski definition) is 1. The SMILES string of the molecule is CCCNC(CCC(C)OC)c1cccc(F)c1F. The van der Waals surface area contributed by atoms with E-state index in [1.807, 2.05) is 13.8 Å². The summed E-state index contributed by atoms with van der Waals surface area (Å²) in [6.07, 6.45) is 2.58. The normalized spacial score (nSPS) is 14.4. The minimum atomic E-state index is -0.791. The summed E-state index contributed by atoms with van der Waals surface area (Å²) in [6.45, 7) is 4.80. The number of hydrogen-bond acceptors (Lipinski definition) is 2. The third kappa shape index (κ3) is 4.88. The Morgan fingerprint density at radius 2 is 2.00 bits per heavy atom. The summed E-state index contributed by atoms with van der Waals surface area (Å²) in [7, 11) is 1.65. The van der Waals surface area contributed by atoms with Crippen LogP contribution < -0.4 is 5.32 Å². The van der Waals surface area contributed by atoms with Gasteiger partial charge in [-0.1, -0.05) is 19.1 Å². The van der Waals surface area contributed by atoms with E-state index >= 15 is 0 Å². The Bertz CT molecular complexity index is 384. The molecule has 0 radical (unpaired) electrons. The second-order valence-electron chi connectivity index (χ2n) is 4.77. The van der Waals surface area contributed by atoms with Gasteiger partial charge >= 0.3 is 0 Å². The molecule has 1 rings (SSSR count). The molecule has 0 bridgehead atoms. The molecule has 0 spiro atoms. The number of halogens is 2. The van der Waals surface area contributed by atoms with Gasteiger partial charge in [0.05, 0.1) is 6.10 Å². The minimum Gasteiger partial charge on any atom is -0.382 e. The van der Waals surface area contributed by atoms with Crippen LogP contribution in [-0.2, 0) is 4.74 Å². The maximum atomic E-state index is 13.8. The van der Waals surface area contributed by atoms with E-state index < -0.39 is 11.6 Å². The molecule has 2 atom stereocenters. The maximum Gasteiger partial charge on any atom is 0.163 e. The lowest BCUT2D eigenvalue weighted by Crippen LogP contribution is -2.24. The molecule has 1 aromatic carbocycles. The number of ether oxygens (including phenoxy) is 1. The molecule has 0 amide bonds. The van der Waals surface area contributed by atoms with Crippen LogP contribution in [0.4, 0.5) is 8.78 Å². The summed E-state index contributed by atoms with van der Waals surface area (Å²) in [5, 5.41) is 3.27. The quantitative estimate of drug-likeness (QED) is 0.776. The van der Waals surface area contributed by atoms with Gasteiger partial charge in [0.1, 0.15) is 0 Å². The molecule has 0 saturated heterocycles. The smallest absolute Gasteiger partial charge is 0.163 e. The highest BCUT2D eigenvalue weighted by atomic mass is 19.2. The Morgan fingerprint density at radius 3 is 2.63 bits per heavy atom. The first kappa shape index (κ1) is 16.1. The van der Waals surface area contributed by atoms with Gasteiger partial charge in [0, 0.05) is 18.7 Å². The molecule has 4 heteroatoms. The lowest BCUT2D eigenvalue weighted by Gasteiger charge is -2.21. The van der Waals surface area contributed by atoms with Crippen molar-refractivity contribution < 1.29 is 13.5 Å². The molecule has 0 aliphatic rings. The fraction of sp³-hybridized carbons (Fsp3) is 0.600. The molecule has 2 unspecified atom stereocenters. The lowest BCUT2D eigenvalue weighted by molar-refractivity contribution is 0.106. The van der Waals surface area contributed by atoms with Gasteiger partial charge in [0.25, 0.3) is 0 Å². The van der Waals surface area contributed by atoms with Crippen LogP contribution in [0.15, 0.2) is 18.2 Å². The van der Waals surface area contributed by atoms with E-state index in [4.69, 9.17) is 4.74 Å². The first-order valence-corrected chi connectivity index (χ1v) is 6.80. The number of nitrogens with one attached hydrogen (secondary N) is 1. The van der Waals surface area contributed by atoms with Crippen LogP contribution in [0.3, 0.4) is 0 Å². The zero-order valence-corrected chi connectivity index (χ0v) is 11.9. The first-order chi connectivity index (χ1) is 9.10. The summed E-state index contributed by atoms with van der Waals surface area (Å²) < 4.78 is 32.3. The third-order valence-electron chi connectivity index (χ3n) is 3.26. The average molecular weight is 271 g/mol. The highest BCUT2D eigenvalue weighted by molar-refractivity contribution is 5.22. The first-order valence-electron chi connectivity index (χ1n) is 6.80. The van der Waals surface area contributed by atoms with Crippen molar-refractivity contribution in [3.8, 4) is 0 Å². The fourth-order valence-corrected chi connectivity index (χ4v) is 1.99. The van der Waals surface area contributed by atoms with E-state index in [1.54, 1.807) is 19.2 Å². The van der Waals surface area contributed by atoms with Crippen molar-refractivity contribution >= 4 is 0 Å². The Morgan fingerprint density at radius 1 is 1.26 bits per heavy atom. The van der Waals surface area contributed by atoms with Crippen molar-refractivity contribution in [2.75, 3.05) is 13.7 Å². The number of benzene rings is 1. The Hall–Kier alpha value is -1.00. The summed E-state index contributed by atoms with van der Waals surface area (Å²) in [5.74, 6) is -1.54. The van der Waals surface area contributed by atoms with Crippen molar-refractivity contribution in [1.82, 2.24) is 5.32 Å². The van der Waals surface area contributed by atoms with E-state index in [0.29, 0.717) is 5.56 Å². The molecule has 0 saturated carbocycles. The molecule has 0 aromatic heterocycles. The zero-order valence-electron chi connectivity index (χ0n) is 11.9. The molecule has 108 valence electrons. The Labute approximate surface area is 114 Å². The van der Waals surface area contributed by atoms with Gasteiger partial charge in [-0.15, -0.1) is 0 Å². The standard InChI is InChI=1S/C15H23F2NO/c1-4-10-18-14(9-8-11(2)19-3)12-6-5-7-13(16)15(12)17/h5-7,11,14,18H,4,8-10H2,1-3H3. The molecule has 19 heavy (non-hydrogen) atoms. The van der Waals surface area contributed by atoms with E-state index in [0.717, 1.165) is 31.9 Å². The van der Waals surface area contributed by atoms with Gasteiger partial charge in [-0.05, 0) is 38.8 Å². The van der Waals surface area contributed by atoms with Crippen LogP contribution in [0.25, 0.3) is 0 Å². The van der Waals surface area contributed by atoms with Gasteiger partial charge in [-0.25, -0.2) is 8.78 Å². The van der Waals surface area contributed by atoms with Gasteiger partial charge in [0.15, 0.2) is 11.6 Å². The van der Waals surface area contributed by atoms with E-state index in [-0.39, 0.29) is 12.1 Å². The van der Waals surface area contributed by atoms with Crippen LogP contribution in [-0.4, -0.2) is 19.8 Å². The van der Waals surface area contributed by atoms with E-state index in [9.17, 15) is 8.78 Å². The van der Waals surface area contributed by atoms with Crippen LogP contribution in [0.5, 0.6) is 0 Å². The largest absolute Gasteiger partial charge is 0.382 e. The van der Waals surface area contributed by atoms with Crippen LogP contribution >= 0.6 is 0 Å². The van der Waals surface area contributed by atoms with Gasteiger partial charge in [-0.2, -0.15) is 0 Å². The molecule has 1 aromatic rings. The van der Waals surface area contributed by atoms with Gasteiger partial charge < -0.3 is 10.1 Å². The molecular weight excluding hydrogens is 248 g/mol. The highest BCUT2D eigenvalue weighted by Crippen LogP contribution is 2.24. The summed E-state index contributed by atoms with van der Waals surface area (Å²) in [5.41, 5.74) is 0.400. The van der Waals surface area contributed by atoms with E-state index in [2.05, 4.69) is 5.32 Å². The average Bonchev–Trinajstić information content (AvgIpc) is 2.42. The summed E-state index contributed by atoms with van der Waals surface area (Å²) >= 11 is 0. The third-order valence-corrected chi connectivity index (χ3v) is 3.26. The van der Waals surface area contributed by atoms with Crippen molar-refractivity contribution in [2.45, 2.75) is 45.3 Å². The topological polar surface area (TPSA) is 21.3 Å². The predicted octanol–water partition coefficient (Wildman–Crippen LogP) is 3.82. The molecule has 0 aliphatic carbocycles. The Balaban J connectivity index is 2.80. The summed E-state index contributed by atoms with van der Waals surface area (Å²) in [6, 6.07) is 4.17. The predicted molar refractivity (Wildman–Crippen MR) is 73.1 cm³/mol. The van der Waals surface area contributed by atoms with Crippen LogP contribution in [0.2, 0.25) is 0 Å². The molecular formula is C15H23F2NO. The zero-order chi connectivity index (χ0) is 14.3. The van der Waals surface area contributed by atoms with Crippen molar-refractivity contribution in [3.05, 3.63) is 35.4 Å². The van der Waals surface area contributed by atoms with Gasteiger partial charge in [-0.3, -0.25) is 0 Å². The van der Waals surface area contributed by atoms with Crippen molar-refractivity contribution in [3.63, 3.8) is 0 Å². The monoisotopic (exact) mass is 271 g/mol. The second-order valence-corrected chi connectivity index (χ2v) is 4.77. The molecule has 2 nitrogen and oxygen atoms in total. The number of methoxy groups -OCH3 is 1. The minimum absolute atomic E-state index is 0.113. The van der Waals surface area contributed by atoms with E-state index in [1.165, 1.54) is 0 Å². The molecule has 1 N–H and O–H groups in total. The van der Waals surface area contributed by atoms with Crippen LogP contribution in [0, 0.1) is 11.6 Å². The summed E-state index contributed by atoms with van der Waals surface area (Å²) in [4.78, 5) is 0. The maximum absolute atomic E-state index is 13.8.